The summed E-state index contributed by atoms with van der Waals surface area (Å²) in [5.74, 6) is -0.191. The van der Waals surface area contributed by atoms with Gasteiger partial charge in [0, 0.05) is 13.1 Å². The second kappa shape index (κ2) is 6.42. The first kappa shape index (κ1) is 18.4. The molecule has 1 saturated heterocycles. The third kappa shape index (κ3) is 2.50. The molecule has 29 heavy (non-hydrogen) atoms. The SMILES string of the molecule is NC(=O)C1([C@H]2C[C@H]2c2ccccc2)CNCC1(C(N)=O)[C@H]1C[C@H]1c1ccccc1. The maximum Gasteiger partial charge on any atom is 0.226 e. The molecule has 0 spiro atoms. The number of amides is 2. The van der Waals surface area contributed by atoms with Gasteiger partial charge in [-0.2, -0.15) is 0 Å². The number of nitrogens with two attached hydrogens (primary N) is 2. The van der Waals surface area contributed by atoms with Crippen LogP contribution in [0.1, 0.15) is 35.8 Å². The second-order valence-corrected chi connectivity index (χ2v) is 8.99. The molecule has 3 fully saturated rings. The van der Waals surface area contributed by atoms with Crippen LogP contribution in [-0.4, -0.2) is 24.9 Å². The number of nitrogens with one attached hydrogen (secondary N) is 1. The van der Waals surface area contributed by atoms with Crippen LogP contribution in [0.5, 0.6) is 0 Å². The van der Waals surface area contributed by atoms with Crippen molar-refractivity contribution in [3.63, 3.8) is 0 Å². The van der Waals surface area contributed by atoms with Gasteiger partial charge in [-0.05, 0) is 47.6 Å². The van der Waals surface area contributed by atoms with Gasteiger partial charge in [-0.3, -0.25) is 9.59 Å². The summed E-state index contributed by atoms with van der Waals surface area (Å²) in [5, 5.41) is 3.35. The Labute approximate surface area is 170 Å². The molecule has 2 unspecified atom stereocenters. The van der Waals surface area contributed by atoms with Gasteiger partial charge in [0.2, 0.25) is 11.8 Å². The van der Waals surface area contributed by atoms with Crippen LogP contribution in [0.25, 0.3) is 0 Å². The van der Waals surface area contributed by atoms with Crippen molar-refractivity contribution in [2.24, 2.45) is 34.1 Å². The summed E-state index contributed by atoms with van der Waals surface area (Å²) in [7, 11) is 0. The molecule has 6 atom stereocenters. The van der Waals surface area contributed by atoms with E-state index in [0.717, 1.165) is 12.8 Å². The smallest absolute Gasteiger partial charge is 0.226 e. The average Bonchev–Trinajstić information content (AvgIpc) is 3.66. The zero-order chi connectivity index (χ0) is 20.2. The van der Waals surface area contributed by atoms with Gasteiger partial charge in [-0.25, -0.2) is 0 Å². The van der Waals surface area contributed by atoms with Crippen molar-refractivity contribution in [1.29, 1.82) is 0 Å². The number of hydrogen-bond donors (Lipinski definition) is 3. The van der Waals surface area contributed by atoms with Crippen LogP contribution in [0.4, 0.5) is 0 Å². The highest BCUT2D eigenvalue weighted by Crippen LogP contribution is 2.71. The van der Waals surface area contributed by atoms with Crippen molar-refractivity contribution in [2.75, 3.05) is 13.1 Å². The van der Waals surface area contributed by atoms with E-state index in [1.807, 2.05) is 36.4 Å². The van der Waals surface area contributed by atoms with E-state index in [1.54, 1.807) is 0 Å². The fraction of sp³-hybridized carbons (Fsp3) is 0.417. The Hall–Kier alpha value is -2.66. The molecule has 2 saturated carbocycles. The maximum absolute atomic E-state index is 13.1. The summed E-state index contributed by atoms with van der Waals surface area (Å²) in [6.07, 6.45) is 1.73. The molecule has 0 radical (unpaired) electrons. The molecule has 2 aromatic rings. The van der Waals surface area contributed by atoms with Gasteiger partial charge in [0.1, 0.15) is 0 Å². The number of hydrogen-bond acceptors (Lipinski definition) is 3. The highest BCUT2D eigenvalue weighted by Gasteiger charge is 2.75. The molecule has 2 aliphatic carbocycles. The van der Waals surface area contributed by atoms with Crippen LogP contribution in [-0.2, 0) is 9.59 Å². The van der Waals surface area contributed by atoms with Gasteiger partial charge in [0.05, 0.1) is 10.8 Å². The molecular weight excluding hydrogens is 362 g/mol. The van der Waals surface area contributed by atoms with E-state index in [0.29, 0.717) is 13.1 Å². The predicted molar refractivity (Wildman–Crippen MR) is 111 cm³/mol. The molecular formula is C24H27N3O2. The molecule has 2 aromatic carbocycles. The van der Waals surface area contributed by atoms with Crippen LogP contribution in [0, 0.1) is 22.7 Å². The van der Waals surface area contributed by atoms with E-state index < -0.39 is 10.8 Å². The third-order valence-corrected chi connectivity index (χ3v) is 7.79. The molecule has 5 rings (SSSR count). The molecule has 1 aliphatic heterocycles. The van der Waals surface area contributed by atoms with E-state index >= 15 is 0 Å². The maximum atomic E-state index is 13.1. The summed E-state index contributed by atoms with van der Waals surface area (Å²) in [4.78, 5) is 26.1. The Kier molecular flexibility index (Phi) is 4.07. The van der Waals surface area contributed by atoms with Crippen LogP contribution in [0.3, 0.4) is 0 Å². The standard InChI is InChI=1S/C24H27N3O2/c25-21(28)23(19-11-17(19)15-7-3-1-4-8-15)13-27-14-24(23,22(26)29)20-12-18(20)16-9-5-2-6-10-16/h1-10,17-20,27H,11-14H2,(H2,25,28)(H2,26,29)/t17-,18-,19-,20-,23?,24?/m0/s1. The lowest BCUT2D eigenvalue weighted by Gasteiger charge is -2.42. The topological polar surface area (TPSA) is 98.2 Å². The second-order valence-electron chi connectivity index (χ2n) is 8.99. The Bertz CT molecular complexity index is 870. The van der Waals surface area contributed by atoms with E-state index in [-0.39, 0.29) is 35.5 Å². The first-order chi connectivity index (χ1) is 14.0. The highest BCUT2D eigenvalue weighted by atomic mass is 16.2. The normalized spacial score (nSPS) is 37.8. The fourth-order valence-corrected chi connectivity index (χ4v) is 6.29. The zero-order valence-corrected chi connectivity index (χ0v) is 16.4. The molecule has 0 bridgehead atoms. The summed E-state index contributed by atoms with van der Waals surface area (Å²) in [5.41, 5.74) is 12.7. The number of primary amides is 2. The van der Waals surface area contributed by atoms with E-state index in [4.69, 9.17) is 11.5 Å². The summed E-state index contributed by atoms with van der Waals surface area (Å²) in [6, 6.07) is 20.4. The lowest BCUT2D eigenvalue weighted by Crippen LogP contribution is -2.59. The van der Waals surface area contributed by atoms with Crippen molar-refractivity contribution in [2.45, 2.75) is 24.7 Å². The Morgan fingerprint density at radius 1 is 0.724 bits per heavy atom. The Morgan fingerprint density at radius 3 is 1.45 bits per heavy atom. The zero-order valence-electron chi connectivity index (χ0n) is 16.4. The van der Waals surface area contributed by atoms with Crippen molar-refractivity contribution >= 4 is 11.8 Å². The monoisotopic (exact) mass is 389 g/mol. The van der Waals surface area contributed by atoms with Crippen LogP contribution >= 0.6 is 0 Å². The minimum Gasteiger partial charge on any atom is -0.369 e. The van der Waals surface area contributed by atoms with E-state index in [1.165, 1.54) is 11.1 Å². The molecule has 1 heterocycles. The minimum absolute atomic E-state index is 0.0434. The third-order valence-electron chi connectivity index (χ3n) is 7.79. The van der Waals surface area contributed by atoms with Crippen LogP contribution in [0.2, 0.25) is 0 Å². The predicted octanol–water partition coefficient (Wildman–Crippen LogP) is 2.14. The number of rotatable bonds is 6. The summed E-state index contributed by atoms with van der Waals surface area (Å²) in [6.45, 7) is 0.856. The lowest BCUT2D eigenvalue weighted by molar-refractivity contribution is -0.148. The van der Waals surface area contributed by atoms with E-state index in [9.17, 15) is 9.59 Å². The first-order valence-electron chi connectivity index (χ1n) is 10.4. The first-order valence-corrected chi connectivity index (χ1v) is 10.4. The summed E-state index contributed by atoms with van der Waals surface area (Å²) < 4.78 is 0. The van der Waals surface area contributed by atoms with Crippen LogP contribution < -0.4 is 16.8 Å². The largest absolute Gasteiger partial charge is 0.369 e. The molecule has 3 aliphatic rings. The Balaban J connectivity index is 1.54. The van der Waals surface area contributed by atoms with Gasteiger partial charge in [0.25, 0.3) is 0 Å². The number of benzene rings is 2. The molecule has 5 nitrogen and oxygen atoms in total. The average molecular weight is 389 g/mol. The molecule has 5 heteroatoms. The van der Waals surface area contributed by atoms with E-state index in [2.05, 4.69) is 29.6 Å². The summed E-state index contributed by atoms with van der Waals surface area (Å²) >= 11 is 0. The number of carbonyl (C=O) groups excluding carboxylic acids is 2. The van der Waals surface area contributed by atoms with Crippen LogP contribution in [0.15, 0.2) is 60.7 Å². The van der Waals surface area contributed by atoms with Gasteiger partial charge in [-0.15, -0.1) is 0 Å². The quantitative estimate of drug-likeness (QED) is 0.706. The molecule has 150 valence electrons. The van der Waals surface area contributed by atoms with Gasteiger partial charge < -0.3 is 16.8 Å². The van der Waals surface area contributed by atoms with Crippen molar-refractivity contribution in [1.82, 2.24) is 5.32 Å². The molecule has 2 amide bonds. The molecule has 5 N–H and O–H groups in total. The van der Waals surface area contributed by atoms with Gasteiger partial charge >= 0.3 is 0 Å². The molecule has 0 aromatic heterocycles. The van der Waals surface area contributed by atoms with Crippen molar-refractivity contribution in [3.8, 4) is 0 Å². The highest BCUT2D eigenvalue weighted by molar-refractivity contribution is 5.95. The lowest BCUT2D eigenvalue weighted by atomic mass is 9.58. The minimum atomic E-state index is -0.937. The van der Waals surface area contributed by atoms with Gasteiger partial charge in [0.15, 0.2) is 0 Å². The Morgan fingerprint density at radius 2 is 1.10 bits per heavy atom. The van der Waals surface area contributed by atoms with Gasteiger partial charge in [-0.1, -0.05) is 60.7 Å². The van der Waals surface area contributed by atoms with Crippen molar-refractivity contribution < 1.29 is 9.59 Å². The fourth-order valence-electron chi connectivity index (χ4n) is 6.29. The van der Waals surface area contributed by atoms with Crippen molar-refractivity contribution in [3.05, 3.63) is 71.8 Å². The number of carbonyl (C=O) groups is 2.